The lowest BCUT2D eigenvalue weighted by molar-refractivity contribution is 0.470. The van der Waals surface area contributed by atoms with E-state index in [0.717, 1.165) is 17.7 Å². The van der Waals surface area contributed by atoms with Gasteiger partial charge < -0.3 is 5.11 Å². The lowest BCUT2D eigenvalue weighted by Crippen LogP contribution is -2.57. The third-order valence-corrected chi connectivity index (χ3v) is 11.0. The van der Waals surface area contributed by atoms with Crippen molar-refractivity contribution in [2.24, 2.45) is 0 Å². The van der Waals surface area contributed by atoms with Crippen molar-refractivity contribution in [1.29, 1.82) is 0 Å². The zero-order chi connectivity index (χ0) is 18.0. The van der Waals surface area contributed by atoms with Gasteiger partial charge in [-0.1, -0.05) is 106 Å². The van der Waals surface area contributed by atoms with Crippen molar-refractivity contribution in [3.63, 3.8) is 0 Å². The Morgan fingerprint density at radius 2 is 1.48 bits per heavy atom. The van der Waals surface area contributed by atoms with Crippen LogP contribution in [0.4, 0.5) is 0 Å². The van der Waals surface area contributed by atoms with E-state index in [1.165, 1.54) is 21.1 Å². The predicted molar refractivity (Wildman–Crippen MR) is 112 cm³/mol. The highest BCUT2D eigenvalue weighted by molar-refractivity contribution is 7.02. The molecule has 0 saturated heterocycles. The Morgan fingerprint density at radius 3 is 2.08 bits per heavy atom. The molecule has 0 spiro atoms. The highest BCUT2D eigenvalue weighted by Crippen LogP contribution is 2.34. The summed E-state index contributed by atoms with van der Waals surface area (Å²) in [5.41, 5.74) is 1.10. The Morgan fingerprint density at radius 1 is 0.880 bits per heavy atom. The molecule has 130 valence electrons. The number of phenolic OH excluding ortho intramolecular Hbond substituents is 1. The molecule has 0 heterocycles. The summed E-state index contributed by atoms with van der Waals surface area (Å²) in [6, 6.07) is 23.8. The summed E-state index contributed by atoms with van der Waals surface area (Å²) >= 11 is 0. The van der Waals surface area contributed by atoms with Crippen molar-refractivity contribution < 1.29 is 5.11 Å². The van der Waals surface area contributed by atoms with Crippen LogP contribution in [0.5, 0.6) is 5.75 Å². The first-order valence-electron chi connectivity index (χ1n) is 9.35. The highest BCUT2D eigenvalue weighted by Gasteiger charge is 2.37. The molecule has 0 aliphatic heterocycles. The van der Waals surface area contributed by atoms with Gasteiger partial charge in [0.25, 0.3) is 0 Å². The maximum atomic E-state index is 11.4. The quantitative estimate of drug-likeness (QED) is 0.623. The van der Waals surface area contributed by atoms with Crippen LogP contribution >= 0.6 is 0 Å². The fraction of sp³-hybridized carbons (Fsp3) is 0.304. The van der Waals surface area contributed by atoms with Gasteiger partial charge in [-0.25, -0.2) is 0 Å². The molecule has 0 amide bonds. The van der Waals surface area contributed by atoms with E-state index < -0.39 is 8.07 Å². The van der Waals surface area contributed by atoms with Crippen molar-refractivity contribution in [2.45, 2.75) is 45.7 Å². The van der Waals surface area contributed by atoms with Crippen LogP contribution < -0.4 is 10.4 Å². The lowest BCUT2D eigenvalue weighted by atomic mass is 9.95. The third-order valence-electron chi connectivity index (χ3n) is 5.69. The molecule has 2 heteroatoms. The fourth-order valence-corrected chi connectivity index (χ4v) is 8.51. The number of hydrogen-bond acceptors (Lipinski definition) is 1. The minimum Gasteiger partial charge on any atom is -0.508 e. The summed E-state index contributed by atoms with van der Waals surface area (Å²) in [7, 11) is -1.98. The van der Waals surface area contributed by atoms with E-state index in [4.69, 9.17) is 0 Å². The first-order valence-corrected chi connectivity index (χ1v) is 11.8. The second-order valence-corrected chi connectivity index (χ2v) is 11.9. The van der Waals surface area contributed by atoms with Crippen LogP contribution in [0.25, 0.3) is 10.8 Å². The fourth-order valence-electron chi connectivity index (χ4n) is 4.27. The molecule has 0 aliphatic carbocycles. The van der Waals surface area contributed by atoms with Gasteiger partial charge in [0.15, 0.2) is 0 Å². The number of phenols is 1. The van der Waals surface area contributed by atoms with Crippen molar-refractivity contribution in [3.05, 3.63) is 66.2 Å². The van der Waals surface area contributed by atoms with Crippen molar-refractivity contribution >= 4 is 29.2 Å². The Hall–Kier alpha value is -2.06. The molecule has 3 rings (SSSR count). The summed E-state index contributed by atoms with van der Waals surface area (Å²) in [4.78, 5) is 0. The number of rotatable bonds is 5. The summed E-state index contributed by atoms with van der Waals surface area (Å²) in [6.07, 6.45) is 0. The van der Waals surface area contributed by atoms with E-state index in [9.17, 15) is 5.11 Å². The molecule has 3 aromatic carbocycles. The van der Waals surface area contributed by atoms with E-state index >= 15 is 0 Å². The number of hydrogen-bond donors (Lipinski definition) is 1. The van der Waals surface area contributed by atoms with Crippen molar-refractivity contribution in [1.82, 2.24) is 0 Å². The van der Waals surface area contributed by atoms with Gasteiger partial charge in [0.05, 0.1) is 0 Å². The van der Waals surface area contributed by atoms with Gasteiger partial charge >= 0.3 is 0 Å². The largest absolute Gasteiger partial charge is 0.508 e. The maximum absolute atomic E-state index is 11.4. The average molecular weight is 349 g/mol. The smallest absolute Gasteiger partial charge is 0.122 e. The molecule has 0 aromatic heterocycles. The van der Waals surface area contributed by atoms with E-state index in [1.807, 2.05) is 0 Å². The molecule has 0 bridgehead atoms. The summed E-state index contributed by atoms with van der Waals surface area (Å²) < 4.78 is 0. The van der Waals surface area contributed by atoms with E-state index in [0.29, 0.717) is 11.7 Å². The molecule has 0 radical (unpaired) electrons. The third kappa shape index (κ3) is 2.89. The van der Waals surface area contributed by atoms with Crippen LogP contribution in [0.3, 0.4) is 0 Å². The van der Waals surface area contributed by atoms with Crippen LogP contribution in [0.1, 0.15) is 39.2 Å². The predicted octanol–water partition coefficient (Wildman–Crippen LogP) is 5.27. The summed E-state index contributed by atoms with van der Waals surface area (Å²) in [5, 5.41) is 16.4. The van der Waals surface area contributed by atoms with Gasteiger partial charge in [0.2, 0.25) is 0 Å². The molecular weight excluding hydrogens is 320 g/mol. The van der Waals surface area contributed by atoms with E-state index in [2.05, 4.69) is 88.4 Å². The first kappa shape index (κ1) is 17.8. The minimum absolute atomic E-state index is 0.293. The van der Waals surface area contributed by atoms with Gasteiger partial charge in [-0.2, -0.15) is 0 Å². The monoisotopic (exact) mass is 348 g/mol. The highest BCUT2D eigenvalue weighted by atomic mass is 28.3. The molecule has 0 saturated carbocycles. The molecule has 0 aliphatic rings. The van der Waals surface area contributed by atoms with Gasteiger partial charge in [-0.05, 0) is 21.9 Å². The summed E-state index contributed by atoms with van der Waals surface area (Å²) in [6.45, 7) is 8.92. The van der Waals surface area contributed by atoms with Gasteiger partial charge in [0, 0.05) is 5.56 Å². The molecule has 0 fully saturated rings. The molecule has 0 atom stereocenters. The Balaban J connectivity index is 2.38. The SMILES string of the molecule is CC[Si](CC)(c1ccccc1)c1cc2ccccc2c(C(C)C)c1O. The molecule has 1 N–H and O–H groups in total. The summed E-state index contributed by atoms with van der Waals surface area (Å²) in [5.74, 6) is 0.828. The van der Waals surface area contributed by atoms with E-state index in [1.54, 1.807) is 0 Å². The second kappa shape index (κ2) is 7.05. The lowest BCUT2D eigenvalue weighted by Gasteiger charge is -2.33. The van der Waals surface area contributed by atoms with Crippen molar-refractivity contribution in [2.75, 3.05) is 0 Å². The number of benzene rings is 3. The number of aromatic hydroxyl groups is 1. The van der Waals surface area contributed by atoms with Crippen LogP contribution in [0.2, 0.25) is 12.1 Å². The van der Waals surface area contributed by atoms with Crippen LogP contribution in [0.15, 0.2) is 60.7 Å². The van der Waals surface area contributed by atoms with Crippen LogP contribution in [0, 0.1) is 0 Å². The standard InChI is InChI=1S/C23H28OSi/c1-5-25(6-2,19-13-8-7-9-14-19)21-16-18-12-10-11-15-20(18)22(17(3)4)23(21)24/h7-17,24H,5-6H2,1-4H3. The van der Waals surface area contributed by atoms with E-state index in [-0.39, 0.29) is 0 Å². The average Bonchev–Trinajstić information content (AvgIpc) is 2.64. The zero-order valence-electron chi connectivity index (χ0n) is 15.7. The topological polar surface area (TPSA) is 20.2 Å². The Kier molecular flexibility index (Phi) is 5.00. The molecule has 1 nitrogen and oxygen atoms in total. The molecule has 0 unspecified atom stereocenters. The van der Waals surface area contributed by atoms with Crippen LogP contribution in [-0.4, -0.2) is 13.2 Å². The Labute approximate surface area is 152 Å². The zero-order valence-corrected chi connectivity index (χ0v) is 16.7. The molecule has 3 aromatic rings. The van der Waals surface area contributed by atoms with Crippen LogP contribution in [-0.2, 0) is 0 Å². The minimum atomic E-state index is -1.98. The van der Waals surface area contributed by atoms with Gasteiger partial charge in [-0.15, -0.1) is 0 Å². The van der Waals surface area contributed by atoms with Crippen molar-refractivity contribution in [3.8, 4) is 5.75 Å². The van der Waals surface area contributed by atoms with Gasteiger partial charge in [-0.3, -0.25) is 0 Å². The first-order chi connectivity index (χ1) is 12.0. The molecule has 25 heavy (non-hydrogen) atoms. The maximum Gasteiger partial charge on any atom is 0.122 e. The Bertz CT molecular complexity index is 864. The second-order valence-electron chi connectivity index (χ2n) is 7.22. The number of fused-ring (bicyclic) bond motifs is 1. The normalized spacial score (nSPS) is 12.0. The molecular formula is C23H28OSi. The van der Waals surface area contributed by atoms with Gasteiger partial charge in [0.1, 0.15) is 13.8 Å².